The van der Waals surface area contributed by atoms with E-state index in [4.69, 9.17) is 23.4 Å². The predicted octanol–water partition coefficient (Wildman–Crippen LogP) is 0.335. The fourth-order valence-corrected chi connectivity index (χ4v) is 3.88. The van der Waals surface area contributed by atoms with Crippen LogP contribution in [-0.2, 0) is 14.3 Å². The van der Waals surface area contributed by atoms with E-state index in [1.165, 1.54) is 26.2 Å². The number of phenolic OH excluding ortho intramolecular Hbond substituents is 3. The highest BCUT2D eigenvalue weighted by molar-refractivity contribution is 5.88. The number of rotatable bonds is 6. The summed E-state index contributed by atoms with van der Waals surface area (Å²) in [5.41, 5.74) is -0.777. The molecule has 0 spiro atoms. The fraction of sp³-hybridized carbons (Fsp3) is 0.333. The first-order valence-electron chi connectivity index (χ1n) is 11.0. The molecule has 13 nitrogen and oxygen atoms in total. The van der Waals surface area contributed by atoms with E-state index < -0.39 is 53.6 Å². The largest absolute Gasteiger partial charge is 0.508 e. The van der Waals surface area contributed by atoms with E-state index in [9.17, 15) is 40.2 Å². The predicted molar refractivity (Wildman–Crippen MR) is 123 cm³/mol. The van der Waals surface area contributed by atoms with Gasteiger partial charge in [-0.25, -0.2) is 4.79 Å². The molecule has 1 saturated heterocycles. The normalized spacial score (nSPS) is 23.5. The molecule has 198 valence electrons. The van der Waals surface area contributed by atoms with Crippen LogP contribution in [0.4, 0.5) is 0 Å². The summed E-state index contributed by atoms with van der Waals surface area (Å²) in [6.45, 7) is 1.49. The van der Waals surface area contributed by atoms with Crippen LogP contribution < -0.4 is 14.9 Å². The quantitative estimate of drug-likeness (QED) is 0.243. The molecular weight excluding hydrogens is 496 g/mol. The maximum atomic E-state index is 13.0. The number of methoxy groups -OCH3 is 1. The number of hydrogen-bond acceptors (Lipinski definition) is 13. The van der Waals surface area contributed by atoms with Gasteiger partial charge in [0.05, 0.1) is 13.7 Å². The van der Waals surface area contributed by atoms with Gasteiger partial charge in [0.1, 0.15) is 40.8 Å². The summed E-state index contributed by atoms with van der Waals surface area (Å²) in [7, 11) is 1.20. The molecule has 0 saturated carbocycles. The molecule has 13 heteroatoms. The van der Waals surface area contributed by atoms with Crippen molar-refractivity contribution >= 4 is 16.9 Å². The minimum Gasteiger partial charge on any atom is -0.508 e. The molecule has 6 N–H and O–H groups in total. The van der Waals surface area contributed by atoms with Crippen LogP contribution in [0.5, 0.6) is 28.7 Å². The molecule has 3 aromatic rings. The summed E-state index contributed by atoms with van der Waals surface area (Å²) in [4.78, 5) is 25.1. The van der Waals surface area contributed by atoms with Gasteiger partial charge in [-0.05, 0) is 25.1 Å². The maximum absolute atomic E-state index is 13.0. The Morgan fingerprint density at radius 3 is 2.41 bits per heavy atom. The first-order chi connectivity index (χ1) is 17.6. The lowest BCUT2D eigenvalue weighted by Crippen LogP contribution is -2.61. The highest BCUT2D eigenvalue weighted by Gasteiger charge is 2.48. The monoisotopic (exact) mass is 520 g/mol. The summed E-state index contributed by atoms with van der Waals surface area (Å²) in [5.74, 6) is -3.12. The number of aliphatic hydroxyl groups excluding tert-OH is 3. The highest BCUT2D eigenvalue weighted by Crippen LogP contribution is 2.39. The second kappa shape index (κ2) is 10.1. The number of hydrogen-bond donors (Lipinski definition) is 6. The summed E-state index contributed by atoms with van der Waals surface area (Å²) in [6.07, 6.45) is -8.90. The van der Waals surface area contributed by atoms with Crippen molar-refractivity contribution in [3.05, 3.63) is 40.6 Å². The van der Waals surface area contributed by atoms with Gasteiger partial charge in [-0.1, -0.05) is 0 Å². The van der Waals surface area contributed by atoms with Crippen molar-refractivity contribution in [2.75, 3.05) is 13.7 Å². The van der Waals surface area contributed by atoms with Gasteiger partial charge in [-0.2, -0.15) is 0 Å². The number of carbonyl (C=O) groups is 1. The number of carbonyl (C=O) groups excluding carboxylic acids is 1. The second-order valence-electron chi connectivity index (χ2n) is 8.08. The van der Waals surface area contributed by atoms with Gasteiger partial charge in [0.15, 0.2) is 23.4 Å². The lowest BCUT2D eigenvalue weighted by molar-refractivity contribution is -0.272. The highest BCUT2D eigenvalue weighted by atomic mass is 16.7. The van der Waals surface area contributed by atoms with Gasteiger partial charge >= 0.3 is 5.97 Å². The third-order valence-electron chi connectivity index (χ3n) is 5.68. The zero-order valence-electron chi connectivity index (χ0n) is 19.5. The van der Waals surface area contributed by atoms with Crippen LogP contribution in [0.3, 0.4) is 0 Å². The van der Waals surface area contributed by atoms with Crippen molar-refractivity contribution < 1.29 is 58.8 Å². The minimum absolute atomic E-state index is 0.0350. The van der Waals surface area contributed by atoms with Crippen molar-refractivity contribution in [2.24, 2.45) is 0 Å². The number of benzene rings is 2. The second-order valence-corrected chi connectivity index (χ2v) is 8.08. The standard InChI is InChI=1S/C24H24O13/c1-3-34-23(32)22-18(30)17(29)19(31)24(37-22)36-13-6-9(4-5-11(13)26)20-21(33-2)16(28)15-12(27)7-10(25)8-14(15)35-20/h4-8,17-19,22,24-27,29-31H,3H2,1-2H3/t17-,18-,19+,22-,24+/m0/s1. The van der Waals surface area contributed by atoms with Crippen LogP contribution in [0, 0.1) is 0 Å². The van der Waals surface area contributed by atoms with Gasteiger partial charge in [-0.3, -0.25) is 4.79 Å². The molecule has 4 rings (SSSR count). The lowest BCUT2D eigenvalue weighted by Gasteiger charge is -2.39. The van der Waals surface area contributed by atoms with Gasteiger partial charge in [0, 0.05) is 17.7 Å². The SMILES string of the molecule is CCOC(=O)[C@H]1O[C@@H](Oc2cc(-c3oc4cc(O)cc(O)c4c(=O)c3OC)ccc2O)[C@H](O)[C@@H](O)[C@@H]1O. The zero-order chi connectivity index (χ0) is 27.0. The van der Waals surface area contributed by atoms with Crippen LogP contribution in [0.25, 0.3) is 22.3 Å². The fourth-order valence-electron chi connectivity index (χ4n) is 3.88. The number of aromatic hydroxyl groups is 3. The summed E-state index contributed by atoms with van der Waals surface area (Å²) >= 11 is 0. The van der Waals surface area contributed by atoms with E-state index in [0.29, 0.717) is 0 Å². The molecule has 37 heavy (non-hydrogen) atoms. The van der Waals surface area contributed by atoms with Crippen molar-refractivity contribution in [3.8, 4) is 40.1 Å². The molecule has 0 radical (unpaired) electrons. The topological polar surface area (TPSA) is 206 Å². The number of ether oxygens (including phenoxy) is 4. The summed E-state index contributed by atoms with van der Waals surface area (Å²) < 4.78 is 26.6. The first kappa shape index (κ1) is 26.0. The zero-order valence-corrected chi connectivity index (χ0v) is 19.5. The van der Waals surface area contributed by atoms with E-state index in [-0.39, 0.29) is 46.1 Å². The minimum atomic E-state index is -1.85. The Morgan fingerprint density at radius 2 is 1.73 bits per heavy atom. The Bertz CT molecular complexity index is 1380. The molecule has 1 aromatic heterocycles. The first-order valence-corrected chi connectivity index (χ1v) is 11.0. The van der Waals surface area contributed by atoms with Crippen molar-refractivity contribution in [3.63, 3.8) is 0 Å². The maximum Gasteiger partial charge on any atom is 0.338 e. The molecular formula is C24H24O13. The Balaban J connectivity index is 1.74. The number of aliphatic hydroxyl groups is 3. The molecule has 0 amide bonds. The third kappa shape index (κ3) is 4.72. The lowest BCUT2D eigenvalue weighted by atomic mass is 9.99. The smallest absolute Gasteiger partial charge is 0.338 e. The molecule has 2 heterocycles. The molecule has 1 fully saturated rings. The van der Waals surface area contributed by atoms with Gasteiger partial charge in [0.25, 0.3) is 0 Å². The third-order valence-corrected chi connectivity index (χ3v) is 5.68. The van der Waals surface area contributed by atoms with Crippen LogP contribution in [-0.4, -0.2) is 81.0 Å². The van der Waals surface area contributed by atoms with Crippen molar-refractivity contribution in [2.45, 2.75) is 37.6 Å². The molecule has 1 aliphatic heterocycles. The molecule has 2 aromatic carbocycles. The van der Waals surface area contributed by atoms with Crippen molar-refractivity contribution in [1.82, 2.24) is 0 Å². The van der Waals surface area contributed by atoms with E-state index in [0.717, 1.165) is 18.2 Å². The Labute approximate surface area is 208 Å². The molecule has 0 bridgehead atoms. The number of phenols is 3. The summed E-state index contributed by atoms with van der Waals surface area (Å²) in [6, 6.07) is 5.78. The molecule has 1 aliphatic rings. The number of esters is 1. The average molecular weight is 520 g/mol. The molecule has 5 atom stereocenters. The molecule has 0 unspecified atom stereocenters. The average Bonchev–Trinajstić information content (AvgIpc) is 2.85. The van der Waals surface area contributed by atoms with E-state index in [1.54, 1.807) is 0 Å². The number of fused-ring (bicyclic) bond motifs is 1. The Hall–Kier alpha value is -4.04. The van der Waals surface area contributed by atoms with Crippen LogP contribution >= 0.6 is 0 Å². The van der Waals surface area contributed by atoms with Crippen LogP contribution in [0.2, 0.25) is 0 Å². The van der Waals surface area contributed by atoms with Crippen LogP contribution in [0.15, 0.2) is 39.5 Å². The Morgan fingerprint density at radius 1 is 1.00 bits per heavy atom. The van der Waals surface area contributed by atoms with E-state index in [1.807, 2.05) is 0 Å². The Kier molecular flexibility index (Phi) is 7.14. The van der Waals surface area contributed by atoms with Crippen LogP contribution in [0.1, 0.15) is 6.92 Å². The van der Waals surface area contributed by atoms with E-state index in [2.05, 4.69) is 0 Å². The van der Waals surface area contributed by atoms with Gasteiger partial charge in [-0.15, -0.1) is 0 Å². The molecule has 0 aliphatic carbocycles. The van der Waals surface area contributed by atoms with E-state index >= 15 is 0 Å². The summed E-state index contributed by atoms with van der Waals surface area (Å²) in [5, 5.41) is 60.7. The van der Waals surface area contributed by atoms with Crippen molar-refractivity contribution in [1.29, 1.82) is 0 Å². The van der Waals surface area contributed by atoms with Gasteiger partial charge < -0.3 is 54.0 Å². The van der Waals surface area contributed by atoms with Gasteiger partial charge in [0.2, 0.25) is 17.5 Å².